The number of hydrogen-bond acceptors (Lipinski definition) is 4. The average molecular weight is 362 g/mol. The van der Waals surface area contributed by atoms with Crippen LogP contribution in [0.1, 0.15) is 13.3 Å². The largest absolute Gasteiger partial charge is 0.390 e. The van der Waals surface area contributed by atoms with E-state index < -0.39 is 6.10 Å². The molecule has 2 aliphatic rings. The number of piperazine rings is 1. The second-order valence-corrected chi connectivity index (χ2v) is 6.78. The van der Waals surface area contributed by atoms with Gasteiger partial charge in [0.15, 0.2) is 0 Å². The molecule has 144 valence electrons. The van der Waals surface area contributed by atoms with Gasteiger partial charge in [-0.3, -0.25) is 9.69 Å². The molecule has 3 amide bonds. The number of carbonyl (C=O) groups is 2. The van der Waals surface area contributed by atoms with Gasteiger partial charge in [0, 0.05) is 59.3 Å². The lowest BCUT2D eigenvalue weighted by molar-refractivity contribution is -0.130. The summed E-state index contributed by atoms with van der Waals surface area (Å²) in [5.41, 5.74) is 2.36. The quantitative estimate of drug-likeness (QED) is 0.725. The van der Waals surface area contributed by atoms with E-state index in [9.17, 15) is 14.7 Å². The van der Waals surface area contributed by atoms with Gasteiger partial charge in [0.1, 0.15) is 0 Å². The number of nitrogens with zero attached hydrogens (tertiary/aromatic N) is 3. The van der Waals surface area contributed by atoms with Crippen molar-refractivity contribution in [2.24, 2.45) is 0 Å². The second-order valence-electron chi connectivity index (χ2n) is 6.78. The molecule has 1 fully saturated rings. The standard InChI is InChI=1S/C19H30N4O3/c1-4-16-6-7-21(13-17(16)5-2)14-18(25)12-20-19(26)23-10-8-22(9-11-23)15(3)24/h4-5,18,25H,1-2,6-14H2,3H3,(H,20,26). The molecule has 2 aliphatic heterocycles. The van der Waals surface area contributed by atoms with E-state index in [1.165, 1.54) is 12.5 Å². The Morgan fingerprint density at radius 3 is 2.31 bits per heavy atom. The molecule has 7 heteroatoms. The first kappa shape index (κ1) is 20.2. The van der Waals surface area contributed by atoms with Crippen LogP contribution in [-0.4, -0.2) is 90.2 Å². The van der Waals surface area contributed by atoms with E-state index in [4.69, 9.17) is 0 Å². The maximum Gasteiger partial charge on any atom is 0.317 e. The Bertz CT molecular complexity index is 579. The minimum atomic E-state index is -0.631. The zero-order valence-electron chi connectivity index (χ0n) is 15.6. The lowest BCUT2D eigenvalue weighted by atomic mass is 10.00. The Hall–Kier alpha value is -2.12. The third kappa shape index (κ3) is 5.44. The minimum absolute atomic E-state index is 0.0366. The van der Waals surface area contributed by atoms with Crippen molar-refractivity contribution in [1.29, 1.82) is 0 Å². The number of aliphatic hydroxyl groups excluding tert-OH is 1. The predicted molar refractivity (Wildman–Crippen MR) is 102 cm³/mol. The molecule has 0 spiro atoms. The smallest absolute Gasteiger partial charge is 0.317 e. The highest BCUT2D eigenvalue weighted by atomic mass is 16.3. The number of amides is 3. The van der Waals surface area contributed by atoms with Gasteiger partial charge >= 0.3 is 6.03 Å². The molecule has 1 atom stereocenters. The van der Waals surface area contributed by atoms with E-state index in [1.807, 2.05) is 12.2 Å². The molecule has 0 aromatic heterocycles. The van der Waals surface area contributed by atoms with E-state index in [-0.39, 0.29) is 18.5 Å². The zero-order chi connectivity index (χ0) is 19.1. The molecular weight excluding hydrogens is 332 g/mol. The van der Waals surface area contributed by atoms with Crippen LogP contribution in [0.25, 0.3) is 0 Å². The van der Waals surface area contributed by atoms with E-state index in [0.29, 0.717) is 32.7 Å². The molecular formula is C19H30N4O3. The highest BCUT2D eigenvalue weighted by Gasteiger charge is 2.23. The lowest BCUT2D eigenvalue weighted by Gasteiger charge is -2.34. The molecule has 26 heavy (non-hydrogen) atoms. The van der Waals surface area contributed by atoms with Gasteiger partial charge in [-0.05, 0) is 17.6 Å². The number of rotatable bonds is 6. The molecule has 0 aromatic carbocycles. The van der Waals surface area contributed by atoms with Crippen LogP contribution >= 0.6 is 0 Å². The van der Waals surface area contributed by atoms with E-state index in [0.717, 1.165) is 25.1 Å². The molecule has 2 heterocycles. The molecule has 0 radical (unpaired) electrons. The number of aliphatic hydroxyl groups is 1. The first-order valence-electron chi connectivity index (χ1n) is 9.10. The van der Waals surface area contributed by atoms with Crippen LogP contribution in [-0.2, 0) is 4.79 Å². The minimum Gasteiger partial charge on any atom is -0.390 e. The Kier molecular flexibility index (Phi) is 7.41. The second kappa shape index (κ2) is 9.54. The average Bonchev–Trinajstić information content (AvgIpc) is 2.66. The van der Waals surface area contributed by atoms with E-state index in [2.05, 4.69) is 23.4 Å². The monoisotopic (exact) mass is 362 g/mol. The maximum absolute atomic E-state index is 12.2. The number of urea groups is 1. The number of hydrogen-bond donors (Lipinski definition) is 2. The summed E-state index contributed by atoms with van der Waals surface area (Å²) in [5, 5.41) is 13.0. The third-order valence-corrected chi connectivity index (χ3v) is 4.97. The molecule has 0 aromatic rings. The van der Waals surface area contributed by atoms with Crippen molar-refractivity contribution in [2.75, 3.05) is 52.4 Å². The lowest BCUT2D eigenvalue weighted by Crippen LogP contribution is -2.54. The number of carbonyl (C=O) groups excluding carboxylic acids is 2. The van der Waals surface area contributed by atoms with E-state index in [1.54, 1.807) is 9.80 Å². The summed E-state index contributed by atoms with van der Waals surface area (Å²) in [5.74, 6) is 0.0366. The summed E-state index contributed by atoms with van der Waals surface area (Å²) in [6, 6.07) is -0.188. The summed E-state index contributed by atoms with van der Waals surface area (Å²) in [6.07, 6.45) is 3.98. The van der Waals surface area contributed by atoms with Gasteiger partial charge in [-0.2, -0.15) is 0 Å². The number of β-amino-alcohol motifs (C(OH)–C–C–N with tert-alkyl or cyclic N) is 1. The molecule has 0 bridgehead atoms. The van der Waals surface area contributed by atoms with Crippen LogP contribution in [0.15, 0.2) is 36.5 Å². The number of allylic oxidation sites excluding steroid dienone is 1. The first-order chi connectivity index (χ1) is 12.4. The van der Waals surface area contributed by atoms with Crippen molar-refractivity contribution in [1.82, 2.24) is 20.0 Å². The first-order valence-corrected chi connectivity index (χ1v) is 9.10. The topological polar surface area (TPSA) is 76.1 Å². The van der Waals surface area contributed by atoms with Crippen LogP contribution in [0, 0.1) is 0 Å². The predicted octanol–water partition coefficient (Wildman–Crippen LogP) is 0.595. The summed E-state index contributed by atoms with van der Waals surface area (Å²) < 4.78 is 0. The van der Waals surface area contributed by atoms with Gasteiger partial charge in [0.2, 0.25) is 5.91 Å². The zero-order valence-corrected chi connectivity index (χ0v) is 15.6. The summed E-state index contributed by atoms with van der Waals surface area (Å²) in [7, 11) is 0. The Labute approximate surface area is 155 Å². The molecule has 2 rings (SSSR count). The van der Waals surface area contributed by atoms with Crippen molar-refractivity contribution in [3.05, 3.63) is 36.5 Å². The van der Waals surface area contributed by atoms with E-state index >= 15 is 0 Å². The maximum atomic E-state index is 12.2. The molecule has 1 unspecified atom stereocenters. The van der Waals surface area contributed by atoms with Crippen LogP contribution in [0.5, 0.6) is 0 Å². The summed E-state index contributed by atoms with van der Waals surface area (Å²) in [6.45, 7) is 13.7. The van der Waals surface area contributed by atoms with Gasteiger partial charge in [-0.1, -0.05) is 25.3 Å². The molecule has 0 aliphatic carbocycles. The molecule has 2 N–H and O–H groups in total. The van der Waals surface area contributed by atoms with Gasteiger partial charge in [0.25, 0.3) is 0 Å². The van der Waals surface area contributed by atoms with Gasteiger partial charge in [-0.25, -0.2) is 4.79 Å². The van der Waals surface area contributed by atoms with Crippen molar-refractivity contribution < 1.29 is 14.7 Å². The SMILES string of the molecule is C=CC1=C(C=C)CN(CC(O)CNC(=O)N2CCN(C(C)=O)CC2)CC1. The van der Waals surface area contributed by atoms with Crippen LogP contribution in [0.2, 0.25) is 0 Å². The highest BCUT2D eigenvalue weighted by Crippen LogP contribution is 2.19. The normalized spacial score (nSPS) is 19.9. The Morgan fingerprint density at radius 1 is 1.12 bits per heavy atom. The summed E-state index contributed by atoms with van der Waals surface area (Å²) in [4.78, 5) is 29.1. The highest BCUT2D eigenvalue weighted by molar-refractivity contribution is 5.76. The van der Waals surface area contributed by atoms with Crippen LogP contribution in [0.3, 0.4) is 0 Å². The van der Waals surface area contributed by atoms with Crippen molar-refractivity contribution in [3.63, 3.8) is 0 Å². The molecule has 0 saturated carbocycles. The van der Waals surface area contributed by atoms with Crippen molar-refractivity contribution in [2.45, 2.75) is 19.4 Å². The molecule has 1 saturated heterocycles. The number of nitrogens with one attached hydrogen (secondary N) is 1. The molecule has 7 nitrogen and oxygen atoms in total. The Balaban J connectivity index is 1.72. The summed E-state index contributed by atoms with van der Waals surface area (Å²) >= 11 is 0. The van der Waals surface area contributed by atoms with Gasteiger partial charge < -0.3 is 20.2 Å². The van der Waals surface area contributed by atoms with Crippen molar-refractivity contribution >= 4 is 11.9 Å². The van der Waals surface area contributed by atoms with Crippen LogP contribution in [0.4, 0.5) is 4.79 Å². The fourth-order valence-corrected chi connectivity index (χ4v) is 3.35. The fourth-order valence-electron chi connectivity index (χ4n) is 3.35. The van der Waals surface area contributed by atoms with Gasteiger partial charge in [0.05, 0.1) is 6.10 Å². The van der Waals surface area contributed by atoms with Gasteiger partial charge in [-0.15, -0.1) is 0 Å². The Morgan fingerprint density at radius 2 is 1.73 bits per heavy atom. The van der Waals surface area contributed by atoms with Crippen LogP contribution < -0.4 is 5.32 Å². The fraction of sp³-hybridized carbons (Fsp3) is 0.579. The third-order valence-electron chi connectivity index (χ3n) is 4.97. The van der Waals surface area contributed by atoms with Crippen molar-refractivity contribution in [3.8, 4) is 0 Å².